The molecule has 8 nitrogen and oxygen atoms in total. The first-order chi connectivity index (χ1) is 11.2. The third kappa shape index (κ3) is 3.36. The van der Waals surface area contributed by atoms with Crippen molar-refractivity contribution in [3.05, 3.63) is 56.1 Å². The van der Waals surface area contributed by atoms with E-state index in [-0.39, 0.29) is 17.0 Å². The molecule has 2 rings (SSSR count). The van der Waals surface area contributed by atoms with Crippen LogP contribution in [0.1, 0.15) is 18.2 Å². The van der Waals surface area contributed by atoms with Gasteiger partial charge in [0.05, 0.1) is 22.7 Å². The molecule has 0 bridgehead atoms. The Morgan fingerprint density at radius 3 is 2.54 bits per heavy atom. The predicted octanol–water partition coefficient (Wildman–Crippen LogP) is 0.607. The molecule has 1 heterocycles. The van der Waals surface area contributed by atoms with Gasteiger partial charge < -0.3 is 4.98 Å². The Bertz CT molecular complexity index is 1030. The van der Waals surface area contributed by atoms with Crippen molar-refractivity contribution in [2.75, 3.05) is 10.5 Å². The summed E-state index contributed by atoms with van der Waals surface area (Å²) in [5.74, 6) is -1.28. The fourth-order valence-corrected chi connectivity index (χ4v) is 2.64. The second-order valence-electron chi connectivity index (χ2n) is 4.90. The maximum atomic E-state index is 14.2. The molecule has 1 aromatic heterocycles. The van der Waals surface area contributed by atoms with Gasteiger partial charge in [-0.1, -0.05) is 0 Å². The van der Waals surface area contributed by atoms with Crippen LogP contribution in [0.25, 0.3) is 5.69 Å². The molecule has 0 aliphatic carbocycles. The lowest BCUT2D eigenvalue weighted by atomic mass is 10.1. The van der Waals surface area contributed by atoms with Gasteiger partial charge in [-0.2, -0.15) is 5.26 Å². The second-order valence-corrected chi connectivity index (χ2v) is 6.91. The van der Waals surface area contributed by atoms with Gasteiger partial charge in [-0.25, -0.2) is 22.2 Å². The number of halogens is 1. The zero-order chi connectivity index (χ0) is 18.1. The Kier molecular flexibility index (Phi) is 4.57. The summed E-state index contributed by atoms with van der Waals surface area (Å²) in [6.07, 6.45) is 0. The van der Waals surface area contributed by atoms with Crippen molar-refractivity contribution in [1.29, 1.82) is 5.26 Å². The molecule has 0 fully saturated rings. The van der Waals surface area contributed by atoms with Gasteiger partial charge >= 0.3 is 5.69 Å². The fraction of sp³-hybridized carbons (Fsp3) is 0.214. The van der Waals surface area contributed by atoms with Crippen LogP contribution >= 0.6 is 0 Å². The monoisotopic (exact) mass is 352 g/mol. The van der Waals surface area contributed by atoms with Crippen LogP contribution in [0.3, 0.4) is 0 Å². The fourth-order valence-electron chi connectivity index (χ4n) is 1.99. The van der Waals surface area contributed by atoms with Crippen LogP contribution in [-0.2, 0) is 10.0 Å². The van der Waals surface area contributed by atoms with E-state index in [0.717, 1.165) is 18.2 Å². The van der Waals surface area contributed by atoms with Gasteiger partial charge in [0.1, 0.15) is 11.9 Å². The summed E-state index contributed by atoms with van der Waals surface area (Å²) in [5.41, 5.74) is -2.33. The lowest BCUT2D eigenvalue weighted by Gasteiger charge is -2.12. The number of nitrogens with one attached hydrogen (secondary N) is 2. The topological polar surface area (TPSA) is 125 Å². The van der Waals surface area contributed by atoms with Crippen LogP contribution in [-0.4, -0.2) is 23.7 Å². The molecule has 2 N–H and O–H groups in total. The molecule has 0 unspecified atom stereocenters. The average Bonchev–Trinajstić information content (AvgIpc) is 2.48. The first-order valence-electron chi connectivity index (χ1n) is 6.76. The highest BCUT2D eigenvalue weighted by molar-refractivity contribution is 7.92. The number of H-pyrrole nitrogens is 1. The standard InChI is InChI=1S/C14H13FN4O4S/c1-3-24(22,23)18-11-6-12(10(15)5-9(11)7-16)19-13(20)4-8(2)17-14(19)21/h4-6,18H,3H2,1-2H3,(H,17,21). The Balaban J connectivity index is 2.77. The summed E-state index contributed by atoms with van der Waals surface area (Å²) < 4.78 is 40.3. The summed E-state index contributed by atoms with van der Waals surface area (Å²) in [6.45, 7) is 2.87. The molecule has 0 amide bonds. The first kappa shape index (κ1) is 17.4. The number of hydrogen-bond acceptors (Lipinski definition) is 5. The van der Waals surface area contributed by atoms with Gasteiger partial charge in [-0.3, -0.25) is 9.52 Å². The third-order valence-corrected chi connectivity index (χ3v) is 4.45. The van der Waals surface area contributed by atoms with E-state index in [2.05, 4.69) is 9.71 Å². The van der Waals surface area contributed by atoms with Crippen molar-refractivity contribution < 1.29 is 12.8 Å². The van der Waals surface area contributed by atoms with Gasteiger partial charge in [0.15, 0.2) is 0 Å². The summed E-state index contributed by atoms with van der Waals surface area (Å²) in [6, 6.07) is 4.45. The molecule has 2 aromatic rings. The minimum Gasteiger partial charge on any atom is -0.311 e. The number of aromatic amines is 1. The normalized spacial score (nSPS) is 11.1. The molecular weight excluding hydrogens is 339 g/mol. The van der Waals surface area contributed by atoms with Crippen molar-refractivity contribution in [3.8, 4) is 11.8 Å². The van der Waals surface area contributed by atoms with Gasteiger partial charge in [-0.05, 0) is 26.0 Å². The molecule has 1 aromatic carbocycles. The van der Waals surface area contributed by atoms with Crippen molar-refractivity contribution in [1.82, 2.24) is 9.55 Å². The number of aromatic nitrogens is 2. The molecule has 0 saturated heterocycles. The molecule has 0 radical (unpaired) electrons. The lowest BCUT2D eigenvalue weighted by molar-refractivity contribution is 0.601. The van der Waals surface area contributed by atoms with E-state index < -0.39 is 32.8 Å². The van der Waals surface area contributed by atoms with E-state index in [1.807, 2.05) is 0 Å². The molecule has 24 heavy (non-hydrogen) atoms. The lowest BCUT2D eigenvalue weighted by Crippen LogP contribution is -2.34. The Hall–Kier alpha value is -2.93. The van der Waals surface area contributed by atoms with Crippen LogP contribution in [0.4, 0.5) is 10.1 Å². The van der Waals surface area contributed by atoms with Gasteiger partial charge in [-0.15, -0.1) is 0 Å². The van der Waals surface area contributed by atoms with Crippen molar-refractivity contribution in [3.63, 3.8) is 0 Å². The number of anilines is 1. The number of benzene rings is 1. The molecule has 0 atom stereocenters. The molecule has 10 heteroatoms. The summed E-state index contributed by atoms with van der Waals surface area (Å²) in [5, 5.41) is 9.03. The molecule has 0 aliphatic heterocycles. The number of sulfonamides is 1. The van der Waals surface area contributed by atoms with Gasteiger partial charge in [0, 0.05) is 11.8 Å². The van der Waals surface area contributed by atoms with E-state index in [9.17, 15) is 22.4 Å². The highest BCUT2D eigenvalue weighted by atomic mass is 32.2. The van der Waals surface area contributed by atoms with E-state index >= 15 is 0 Å². The van der Waals surface area contributed by atoms with Crippen LogP contribution in [0.15, 0.2) is 27.8 Å². The van der Waals surface area contributed by atoms with Gasteiger partial charge in [0.25, 0.3) is 5.56 Å². The zero-order valence-corrected chi connectivity index (χ0v) is 13.6. The smallest absolute Gasteiger partial charge is 0.311 e. The van der Waals surface area contributed by atoms with Crippen LogP contribution in [0.5, 0.6) is 0 Å². The minimum atomic E-state index is -3.74. The van der Waals surface area contributed by atoms with Crippen molar-refractivity contribution in [2.45, 2.75) is 13.8 Å². The number of nitrogens with zero attached hydrogens (tertiary/aromatic N) is 2. The SMILES string of the molecule is CCS(=O)(=O)Nc1cc(-n2c(=O)cc(C)[nH]c2=O)c(F)cc1C#N. The number of hydrogen-bond donors (Lipinski definition) is 2. The summed E-state index contributed by atoms with van der Waals surface area (Å²) >= 11 is 0. The second kappa shape index (κ2) is 6.29. The zero-order valence-electron chi connectivity index (χ0n) is 12.8. The molecule has 126 valence electrons. The predicted molar refractivity (Wildman–Crippen MR) is 85.2 cm³/mol. The third-order valence-electron chi connectivity index (χ3n) is 3.16. The van der Waals surface area contributed by atoms with Gasteiger partial charge in [0.2, 0.25) is 10.0 Å². The number of rotatable bonds is 4. The van der Waals surface area contributed by atoms with E-state index in [1.165, 1.54) is 13.8 Å². The molecule has 0 spiro atoms. The van der Waals surface area contributed by atoms with Crippen molar-refractivity contribution in [2.24, 2.45) is 0 Å². The van der Waals surface area contributed by atoms with Crippen LogP contribution < -0.4 is 16.0 Å². The van der Waals surface area contributed by atoms with E-state index in [0.29, 0.717) is 10.3 Å². The molecular formula is C14H13FN4O4S. The Morgan fingerprint density at radius 1 is 1.33 bits per heavy atom. The number of nitriles is 1. The van der Waals surface area contributed by atoms with E-state index in [1.54, 1.807) is 6.07 Å². The molecule has 0 saturated carbocycles. The summed E-state index contributed by atoms with van der Waals surface area (Å²) in [7, 11) is -3.74. The maximum Gasteiger partial charge on any atom is 0.333 e. The Labute approximate surface area is 136 Å². The number of aryl methyl sites for hydroxylation is 1. The molecule has 0 aliphatic rings. The van der Waals surface area contributed by atoms with Crippen LogP contribution in [0, 0.1) is 24.1 Å². The first-order valence-corrected chi connectivity index (χ1v) is 8.41. The highest BCUT2D eigenvalue weighted by Crippen LogP contribution is 2.23. The minimum absolute atomic E-state index is 0.220. The average molecular weight is 352 g/mol. The van der Waals surface area contributed by atoms with Crippen LogP contribution in [0.2, 0.25) is 0 Å². The maximum absolute atomic E-state index is 14.2. The highest BCUT2D eigenvalue weighted by Gasteiger charge is 2.17. The quantitative estimate of drug-likeness (QED) is 0.834. The largest absolute Gasteiger partial charge is 0.333 e. The summed E-state index contributed by atoms with van der Waals surface area (Å²) in [4.78, 5) is 26.3. The Morgan fingerprint density at radius 2 is 2.00 bits per heavy atom. The van der Waals surface area contributed by atoms with E-state index in [4.69, 9.17) is 5.26 Å². The van der Waals surface area contributed by atoms with Crippen molar-refractivity contribution >= 4 is 15.7 Å².